The van der Waals surface area contributed by atoms with Gasteiger partial charge in [0.25, 0.3) is 11.6 Å². The molecular formula is C17H16BrN3O4. The number of benzene rings is 2. The highest BCUT2D eigenvalue weighted by Crippen LogP contribution is 2.27. The highest BCUT2D eigenvalue weighted by molar-refractivity contribution is 9.10. The summed E-state index contributed by atoms with van der Waals surface area (Å²) >= 11 is 3.34. The van der Waals surface area contributed by atoms with Gasteiger partial charge >= 0.3 is 0 Å². The molecule has 0 spiro atoms. The van der Waals surface area contributed by atoms with E-state index in [9.17, 15) is 14.9 Å². The van der Waals surface area contributed by atoms with Crippen LogP contribution < -0.4 is 10.2 Å². The van der Waals surface area contributed by atoms with E-state index in [1.165, 1.54) is 12.1 Å². The average Bonchev–Trinajstić information content (AvgIpc) is 2.63. The Balaban J connectivity index is 1.92. The van der Waals surface area contributed by atoms with Crippen molar-refractivity contribution in [1.29, 1.82) is 0 Å². The van der Waals surface area contributed by atoms with Gasteiger partial charge in [0, 0.05) is 35.4 Å². The minimum atomic E-state index is -0.500. The SMILES string of the molecule is O=C(Nc1ccc(Br)cc1)c1cc([N+](=O)[O-])ccc1N1CCOCC1. The first-order valence-electron chi connectivity index (χ1n) is 7.72. The van der Waals surface area contributed by atoms with Crippen LogP contribution in [0.2, 0.25) is 0 Å². The molecular weight excluding hydrogens is 390 g/mol. The number of hydrogen-bond acceptors (Lipinski definition) is 5. The number of anilines is 2. The Labute approximate surface area is 152 Å². The van der Waals surface area contributed by atoms with Gasteiger partial charge in [-0.3, -0.25) is 14.9 Å². The van der Waals surface area contributed by atoms with Gasteiger partial charge in [0.15, 0.2) is 0 Å². The number of nitro groups is 1. The number of hydrogen-bond donors (Lipinski definition) is 1. The van der Waals surface area contributed by atoms with Crippen LogP contribution in [0.25, 0.3) is 0 Å². The van der Waals surface area contributed by atoms with E-state index in [1.54, 1.807) is 18.2 Å². The second-order valence-corrected chi connectivity index (χ2v) is 6.43. The highest BCUT2D eigenvalue weighted by atomic mass is 79.9. The van der Waals surface area contributed by atoms with Crippen molar-refractivity contribution < 1.29 is 14.5 Å². The average molecular weight is 406 g/mol. The van der Waals surface area contributed by atoms with Crippen LogP contribution in [0.15, 0.2) is 46.9 Å². The van der Waals surface area contributed by atoms with Gasteiger partial charge in [0.2, 0.25) is 0 Å². The van der Waals surface area contributed by atoms with Crippen molar-refractivity contribution in [2.45, 2.75) is 0 Å². The van der Waals surface area contributed by atoms with Crippen LogP contribution in [0.1, 0.15) is 10.4 Å². The third-order valence-corrected chi connectivity index (χ3v) is 4.42. The van der Waals surface area contributed by atoms with Crippen molar-refractivity contribution in [3.8, 4) is 0 Å². The van der Waals surface area contributed by atoms with Gasteiger partial charge in [0.1, 0.15) is 0 Å². The topological polar surface area (TPSA) is 84.7 Å². The maximum Gasteiger partial charge on any atom is 0.270 e. The Bertz CT molecular complexity index is 789. The van der Waals surface area contributed by atoms with E-state index in [1.807, 2.05) is 17.0 Å². The monoisotopic (exact) mass is 405 g/mol. The summed E-state index contributed by atoms with van der Waals surface area (Å²) < 4.78 is 6.23. The van der Waals surface area contributed by atoms with E-state index < -0.39 is 4.92 Å². The summed E-state index contributed by atoms with van der Waals surface area (Å²) in [6.45, 7) is 2.39. The molecule has 25 heavy (non-hydrogen) atoms. The minimum Gasteiger partial charge on any atom is -0.378 e. The summed E-state index contributed by atoms with van der Waals surface area (Å²) in [5.41, 5.74) is 1.45. The fourth-order valence-electron chi connectivity index (χ4n) is 2.63. The van der Waals surface area contributed by atoms with Gasteiger partial charge in [-0.25, -0.2) is 0 Å². The van der Waals surface area contributed by atoms with Crippen molar-refractivity contribution in [2.24, 2.45) is 0 Å². The van der Waals surface area contributed by atoms with Crippen molar-refractivity contribution in [2.75, 3.05) is 36.5 Å². The first-order chi connectivity index (χ1) is 12.0. The summed E-state index contributed by atoms with van der Waals surface area (Å²) in [5.74, 6) is -0.382. The first kappa shape index (κ1) is 17.4. The smallest absolute Gasteiger partial charge is 0.270 e. The number of nitro benzene ring substituents is 1. The van der Waals surface area contributed by atoms with Crippen molar-refractivity contribution in [3.63, 3.8) is 0 Å². The molecule has 1 N–H and O–H groups in total. The molecule has 0 radical (unpaired) electrons. The molecule has 2 aromatic carbocycles. The molecule has 1 aliphatic rings. The molecule has 0 unspecified atom stereocenters. The van der Waals surface area contributed by atoms with E-state index in [4.69, 9.17) is 4.74 Å². The fourth-order valence-corrected chi connectivity index (χ4v) is 2.90. The van der Waals surface area contributed by atoms with Gasteiger partial charge in [-0.15, -0.1) is 0 Å². The number of rotatable bonds is 4. The summed E-state index contributed by atoms with van der Waals surface area (Å²) in [6.07, 6.45) is 0. The molecule has 1 saturated heterocycles. The lowest BCUT2D eigenvalue weighted by molar-refractivity contribution is -0.384. The summed E-state index contributed by atoms with van der Waals surface area (Å²) in [6, 6.07) is 11.5. The number of amides is 1. The van der Waals surface area contributed by atoms with E-state index in [-0.39, 0.29) is 17.2 Å². The molecule has 1 aliphatic heterocycles. The maximum atomic E-state index is 12.7. The number of nitrogens with one attached hydrogen (secondary N) is 1. The molecule has 8 heteroatoms. The molecule has 0 aliphatic carbocycles. The number of morpholine rings is 1. The van der Waals surface area contributed by atoms with Crippen molar-refractivity contribution in [1.82, 2.24) is 0 Å². The number of ether oxygens (including phenoxy) is 1. The lowest BCUT2D eigenvalue weighted by atomic mass is 10.1. The number of non-ortho nitro benzene ring substituents is 1. The van der Waals surface area contributed by atoms with Gasteiger partial charge < -0.3 is 15.0 Å². The second-order valence-electron chi connectivity index (χ2n) is 5.52. The zero-order chi connectivity index (χ0) is 17.8. The van der Waals surface area contributed by atoms with Crippen LogP contribution in [-0.4, -0.2) is 37.1 Å². The number of carbonyl (C=O) groups excluding carboxylic acids is 1. The number of nitrogens with zero attached hydrogens (tertiary/aromatic N) is 2. The lowest BCUT2D eigenvalue weighted by Crippen LogP contribution is -2.37. The summed E-state index contributed by atoms with van der Waals surface area (Å²) in [5, 5.41) is 13.9. The summed E-state index contributed by atoms with van der Waals surface area (Å²) in [7, 11) is 0. The van der Waals surface area contributed by atoms with Gasteiger partial charge in [-0.1, -0.05) is 15.9 Å². The third-order valence-electron chi connectivity index (χ3n) is 3.89. The van der Waals surface area contributed by atoms with Crippen molar-refractivity contribution >= 4 is 38.9 Å². The molecule has 1 fully saturated rings. The van der Waals surface area contributed by atoms with Crippen LogP contribution in [0.3, 0.4) is 0 Å². The Morgan fingerprint density at radius 2 is 1.84 bits per heavy atom. The normalized spacial score (nSPS) is 14.2. The van der Waals surface area contributed by atoms with Crippen LogP contribution in [0.4, 0.5) is 17.1 Å². The maximum absolute atomic E-state index is 12.7. The van der Waals surface area contributed by atoms with Crippen molar-refractivity contribution in [3.05, 3.63) is 62.6 Å². The van der Waals surface area contributed by atoms with Crippen LogP contribution in [0.5, 0.6) is 0 Å². The molecule has 130 valence electrons. The second kappa shape index (κ2) is 7.62. The van der Waals surface area contributed by atoms with Crippen LogP contribution >= 0.6 is 15.9 Å². The van der Waals surface area contributed by atoms with Gasteiger partial charge in [-0.2, -0.15) is 0 Å². The minimum absolute atomic E-state index is 0.113. The zero-order valence-corrected chi connectivity index (χ0v) is 14.9. The number of halogens is 1. The molecule has 1 heterocycles. The first-order valence-corrected chi connectivity index (χ1v) is 8.52. The number of carbonyl (C=O) groups is 1. The molecule has 0 saturated carbocycles. The predicted octanol–water partition coefficient (Wildman–Crippen LogP) is 3.45. The molecule has 3 rings (SSSR count). The highest BCUT2D eigenvalue weighted by Gasteiger charge is 2.22. The Morgan fingerprint density at radius 3 is 2.48 bits per heavy atom. The fraction of sp³-hybridized carbons (Fsp3) is 0.235. The van der Waals surface area contributed by atoms with Gasteiger partial charge in [0.05, 0.1) is 29.4 Å². The van der Waals surface area contributed by atoms with E-state index in [0.717, 1.165) is 4.47 Å². The quantitative estimate of drug-likeness (QED) is 0.621. The third kappa shape index (κ3) is 4.15. The molecule has 1 amide bonds. The predicted molar refractivity (Wildman–Crippen MR) is 98.2 cm³/mol. The summed E-state index contributed by atoms with van der Waals surface area (Å²) in [4.78, 5) is 25.3. The Morgan fingerprint density at radius 1 is 1.16 bits per heavy atom. The van der Waals surface area contributed by atoms with Crippen LogP contribution in [-0.2, 0) is 4.74 Å². The van der Waals surface area contributed by atoms with Gasteiger partial charge in [-0.05, 0) is 30.3 Å². The van der Waals surface area contributed by atoms with E-state index in [2.05, 4.69) is 21.2 Å². The molecule has 2 aromatic rings. The van der Waals surface area contributed by atoms with E-state index in [0.29, 0.717) is 37.7 Å². The molecule has 7 nitrogen and oxygen atoms in total. The molecule has 0 bridgehead atoms. The van der Waals surface area contributed by atoms with Crippen LogP contribution in [0, 0.1) is 10.1 Å². The molecule has 0 aromatic heterocycles. The Hall–Kier alpha value is -2.45. The standard InChI is InChI=1S/C17H16BrN3O4/c18-12-1-3-13(4-2-12)19-17(22)15-11-14(21(23)24)5-6-16(15)20-7-9-25-10-8-20/h1-6,11H,7-10H2,(H,19,22). The largest absolute Gasteiger partial charge is 0.378 e. The lowest BCUT2D eigenvalue weighted by Gasteiger charge is -2.30. The Kier molecular flexibility index (Phi) is 5.30. The molecule has 0 atom stereocenters. The van der Waals surface area contributed by atoms with E-state index >= 15 is 0 Å². The zero-order valence-electron chi connectivity index (χ0n) is 13.3.